The number of hydrogen-bond acceptors (Lipinski definition) is 7. The van der Waals surface area contributed by atoms with Gasteiger partial charge in [0.25, 0.3) is 0 Å². The summed E-state index contributed by atoms with van der Waals surface area (Å²) in [5.41, 5.74) is 0.646. The molecule has 19 heavy (non-hydrogen) atoms. The number of rotatable bonds is 6. The van der Waals surface area contributed by atoms with Gasteiger partial charge in [-0.3, -0.25) is 5.10 Å². The van der Waals surface area contributed by atoms with Gasteiger partial charge in [0.1, 0.15) is 14.9 Å². The molecule has 0 bridgehead atoms. The van der Waals surface area contributed by atoms with Crippen molar-refractivity contribution in [3.05, 3.63) is 6.20 Å². The molecule has 0 fully saturated rings. The molecule has 0 amide bonds. The molecule has 0 aliphatic rings. The maximum atomic E-state index is 11.1. The van der Waals surface area contributed by atoms with Crippen molar-refractivity contribution < 1.29 is 8.42 Å². The van der Waals surface area contributed by atoms with E-state index in [-0.39, 0.29) is 5.75 Å². The zero-order valence-electron chi connectivity index (χ0n) is 10.7. The molecule has 0 aliphatic carbocycles. The minimum Gasteiger partial charge on any atom is -0.354 e. The molecule has 0 atom stereocenters. The van der Waals surface area contributed by atoms with Gasteiger partial charge >= 0.3 is 0 Å². The van der Waals surface area contributed by atoms with Gasteiger partial charge in [0.05, 0.1) is 17.3 Å². The Hall–Kier alpha value is -1.35. The van der Waals surface area contributed by atoms with E-state index in [0.717, 1.165) is 10.4 Å². The van der Waals surface area contributed by atoms with Crippen LogP contribution in [0.4, 0.5) is 5.95 Å². The molecule has 2 rings (SSSR count). The van der Waals surface area contributed by atoms with Crippen LogP contribution in [0.25, 0.3) is 11.0 Å². The van der Waals surface area contributed by atoms with Gasteiger partial charge in [0.15, 0.2) is 5.65 Å². The van der Waals surface area contributed by atoms with E-state index in [4.69, 9.17) is 0 Å². The molecule has 2 N–H and O–H groups in total. The highest BCUT2D eigenvalue weighted by atomic mass is 32.2. The summed E-state index contributed by atoms with van der Waals surface area (Å²) in [6.45, 7) is 2.67. The molecule has 2 aromatic heterocycles. The monoisotopic (exact) mass is 301 g/mol. The minimum atomic E-state index is -2.96. The first-order valence-corrected chi connectivity index (χ1v) is 8.79. The Morgan fingerprint density at radius 1 is 1.42 bits per heavy atom. The first-order valence-electron chi connectivity index (χ1n) is 5.75. The zero-order chi connectivity index (χ0) is 13.9. The summed E-state index contributed by atoms with van der Waals surface area (Å²) in [6.07, 6.45) is 2.87. The van der Waals surface area contributed by atoms with Crippen molar-refractivity contribution in [2.75, 3.05) is 29.6 Å². The number of anilines is 1. The van der Waals surface area contributed by atoms with E-state index in [1.54, 1.807) is 6.20 Å². The molecule has 0 radical (unpaired) electrons. The third-order valence-corrected chi connectivity index (χ3v) is 4.50. The molecule has 0 saturated carbocycles. The molecule has 0 spiro atoms. The Bertz CT molecular complexity index is 668. The molecule has 0 aromatic carbocycles. The summed E-state index contributed by atoms with van der Waals surface area (Å²) in [6, 6.07) is 0. The summed E-state index contributed by atoms with van der Waals surface area (Å²) in [7, 11) is -2.96. The number of fused-ring (bicyclic) bond motifs is 1. The molecule has 0 aliphatic heterocycles. The normalized spacial score (nSPS) is 11.9. The van der Waals surface area contributed by atoms with Crippen LogP contribution in [0.2, 0.25) is 0 Å². The van der Waals surface area contributed by atoms with Crippen LogP contribution < -0.4 is 5.32 Å². The molecule has 7 nitrogen and oxygen atoms in total. The average Bonchev–Trinajstić information content (AvgIpc) is 2.76. The number of aromatic nitrogens is 4. The lowest BCUT2D eigenvalue weighted by Gasteiger charge is -2.05. The van der Waals surface area contributed by atoms with Crippen molar-refractivity contribution in [1.82, 2.24) is 20.2 Å². The Labute approximate surface area is 115 Å². The number of hydrogen-bond donors (Lipinski definition) is 2. The van der Waals surface area contributed by atoms with Crippen LogP contribution in [0.1, 0.15) is 6.92 Å². The predicted octanol–water partition coefficient (Wildman–Crippen LogP) is 0.921. The van der Waals surface area contributed by atoms with Crippen molar-refractivity contribution in [3.8, 4) is 0 Å². The minimum absolute atomic E-state index is 0.123. The van der Waals surface area contributed by atoms with Crippen LogP contribution in [0.3, 0.4) is 0 Å². The van der Waals surface area contributed by atoms with Crippen LogP contribution in [0.15, 0.2) is 11.2 Å². The molecule has 104 valence electrons. The van der Waals surface area contributed by atoms with Crippen molar-refractivity contribution in [2.45, 2.75) is 11.9 Å². The van der Waals surface area contributed by atoms with Gasteiger partial charge in [0, 0.05) is 18.6 Å². The fraction of sp³-hybridized carbons (Fsp3) is 0.500. The van der Waals surface area contributed by atoms with Crippen molar-refractivity contribution in [3.63, 3.8) is 0 Å². The maximum absolute atomic E-state index is 11.1. The molecule has 0 saturated heterocycles. The van der Waals surface area contributed by atoms with Gasteiger partial charge in [-0.1, -0.05) is 0 Å². The second-order valence-electron chi connectivity index (χ2n) is 3.99. The predicted molar refractivity (Wildman–Crippen MR) is 76.3 cm³/mol. The van der Waals surface area contributed by atoms with Gasteiger partial charge < -0.3 is 5.32 Å². The molecule has 2 heterocycles. The van der Waals surface area contributed by atoms with E-state index < -0.39 is 9.84 Å². The third kappa shape index (κ3) is 3.80. The Morgan fingerprint density at radius 3 is 2.89 bits per heavy atom. The lowest BCUT2D eigenvalue weighted by atomic mass is 10.4. The first-order chi connectivity index (χ1) is 8.99. The number of H-pyrrole nitrogens is 1. The lowest BCUT2D eigenvalue weighted by Crippen LogP contribution is -2.06. The van der Waals surface area contributed by atoms with Crippen molar-refractivity contribution in [1.29, 1.82) is 0 Å². The standard InChI is InChI=1S/C10H15N5O2S2/c1-3-11-10-13-8-7(6-12-15-8)9(14-10)18-4-5-19(2,16)17/h6H,3-5H2,1-2H3,(H2,11,12,13,14,15). The summed E-state index contributed by atoms with van der Waals surface area (Å²) in [5.74, 6) is 1.10. The number of nitrogens with one attached hydrogen (secondary N) is 2. The highest BCUT2D eigenvalue weighted by Crippen LogP contribution is 2.25. The molecule has 2 aromatic rings. The van der Waals surface area contributed by atoms with E-state index in [1.165, 1.54) is 18.0 Å². The smallest absolute Gasteiger partial charge is 0.225 e. The maximum Gasteiger partial charge on any atom is 0.225 e. The number of sulfone groups is 1. The molecule has 9 heteroatoms. The Balaban J connectivity index is 2.22. The SMILES string of the molecule is CCNc1nc(SCCS(C)(=O)=O)c2cn[nH]c2n1. The van der Waals surface area contributed by atoms with Gasteiger partial charge in [-0.2, -0.15) is 10.1 Å². The van der Waals surface area contributed by atoms with Crippen molar-refractivity contribution in [2.24, 2.45) is 0 Å². The van der Waals surface area contributed by atoms with E-state index in [1.807, 2.05) is 6.92 Å². The second-order valence-corrected chi connectivity index (χ2v) is 7.34. The first kappa shape index (κ1) is 14.1. The topological polar surface area (TPSA) is 101 Å². The average molecular weight is 301 g/mol. The highest BCUT2D eigenvalue weighted by Gasteiger charge is 2.11. The van der Waals surface area contributed by atoms with Gasteiger partial charge in [-0.05, 0) is 6.92 Å². The van der Waals surface area contributed by atoms with Gasteiger partial charge in [-0.25, -0.2) is 13.4 Å². The van der Waals surface area contributed by atoms with Crippen LogP contribution in [0.5, 0.6) is 0 Å². The summed E-state index contributed by atoms with van der Waals surface area (Å²) < 4.78 is 22.3. The quantitative estimate of drug-likeness (QED) is 0.604. The van der Waals surface area contributed by atoms with E-state index >= 15 is 0 Å². The Morgan fingerprint density at radius 2 is 2.21 bits per heavy atom. The van der Waals surface area contributed by atoms with E-state index in [9.17, 15) is 8.42 Å². The molecule has 0 unspecified atom stereocenters. The Kier molecular flexibility index (Phi) is 4.25. The summed E-state index contributed by atoms with van der Waals surface area (Å²) >= 11 is 1.39. The number of thioether (sulfide) groups is 1. The number of nitrogens with zero attached hydrogens (tertiary/aromatic N) is 3. The third-order valence-electron chi connectivity index (χ3n) is 2.30. The highest BCUT2D eigenvalue weighted by molar-refractivity contribution is 8.00. The number of aromatic amines is 1. The summed E-state index contributed by atoms with van der Waals surface area (Å²) in [4.78, 5) is 8.64. The van der Waals surface area contributed by atoms with Crippen LogP contribution in [0, 0.1) is 0 Å². The fourth-order valence-corrected chi connectivity index (χ4v) is 3.64. The summed E-state index contributed by atoms with van der Waals surface area (Å²) in [5, 5.41) is 11.3. The van der Waals surface area contributed by atoms with Crippen LogP contribution >= 0.6 is 11.8 Å². The van der Waals surface area contributed by atoms with Crippen LogP contribution in [-0.4, -0.2) is 52.9 Å². The van der Waals surface area contributed by atoms with E-state index in [2.05, 4.69) is 25.5 Å². The van der Waals surface area contributed by atoms with E-state index in [0.29, 0.717) is 23.9 Å². The van der Waals surface area contributed by atoms with Crippen LogP contribution in [-0.2, 0) is 9.84 Å². The largest absolute Gasteiger partial charge is 0.354 e. The molecular formula is C10H15N5O2S2. The fourth-order valence-electron chi connectivity index (χ4n) is 1.45. The van der Waals surface area contributed by atoms with Gasteiger partial charge in [0.2, 0.25) is 5.95 Å². The lowest BCUT2D eigenvalue weighted by molar-refractivity contribution is 0.603. The second kappa shape index (κ2) is 5.74. The van der Waals surface area contributed by atoms with Gasteiger partial charge in [-0.15, -0.1) is 11.8 Å². The molecular weight excluding hydrogens is 286 g/mol. The zero-order valence-corrected chi connectivity index (χ0v) is 12.3. The van der Waals surface area contributed by atoms with Crippen molar-refractivity contribution >= 4 is 38.6 Å².